The third-order valence-corrected chi connectivity index (χ3v) is 5.49. The first-order valence-corrected chi connectivity index (χ1v) is 10.1. The van der Waals surface area contributed by atoms with E-state index in [-0.39, 0.29) is 5.91 Å². The third kappa shape index (κ3) is 4.75. The van der Waals surface area contributed by atoms with Gasteiger partial charge in [-0.3, -0.25) is 9.36 Å². The Labute approximate surface area is 170 Å². The number of thioether (sulfide) groups is 1. The Morgan fingerprint density at radius 3 is 2.82 bits per heavy atom. The molecule has 3 rings (SSSR count). The van der Waals surface area contributed by atoms with Gasteiger partial charge in [-0.2, -0.15) is 0 Å². The summed E-state index contributed by atoms with van der Waals surface area (Å²) in [5, 5.41) is 0.817. The zero-order valence-electron chi connectivity index (χ0n) is 16.7. The number of carbonyl (C=O) groups is 1. The van der Waals surface area contributed by atoms with Crippen molar-refractivity contribution in [1.29, 1.82) is 0 Å². The van der Waals surface area contributed by atoms with E-state index in [4.69, 9.17) is 4.74 Å². The van der Waals surface area contributed by atoms with E-state index in [0.29, 0.717) is 12.3 Å². The fourth-order valence-corrected chi connectivity index (χ4v) is 3.83. The van der Waals surface area contributed by atoms with Gasteiger partial charge in [0.15, 0.2) is 5.16 Å². The molecule has 0 radical (unpaired) electrons. The van der Waals surface area contributed by atoms with Crippen molar-refractivity contribution < 1.29 is 9.53 Å². The van der Waals surface area contributed by atoms with Crippen LogP contribution in [0.15, 0.2) is 60.0 Å². The maximum absolute atomic E-state index is 12.6. The van der Waals surface area contributed by atoms with Crippen LogP contribution < -0.4 is 4.74 Å². The Morgan fingerprint density at radius 2 is 2.04 bits per heavy atom. The number of amides is 1. The smallest absolute Gasteiger partial charge is 0.233 e. The summed E-state index contributed by atoms with van der Waals surface area (Å²) in [5.74, 6) is 1.19. The first kappa shape index (κ1) is 20.0. The molecule has 3 aromatic rings. The maximum Gasteiger partial charge on any atom is 0.233 e. The molecule has 1 amide bonds. The molecule has 0 aliphatic rings. The quantitative estimate of drug-likeness (QED) is 0.561. The van der Waals surface area contributed by atoms with Gasteiger partial charge in [-0.1, -0.05) is 36.0 Å². The van der Waals surface area contributed by atoms with E-state index in [9.17, 15) is 4.79 Å². The normalized spacial score (nSPS) is 10.7. The highest BCUT2D eigenvalue weighted by atomic mass is 32.2. The number of hydrogen-bond acceptors (Lipinski definition) is 4. The second kappa shape index (κ2) is 8.97. The SMILES string of the molecule is COc1cccc(CN(C)C(=O)CSc2nccn2-c2cc(C)ccc2C)c1. The van der Waals surface area contributed by atoms with Crippen LogP contribution in [-0.2, 0) is 11.3 Å². The van der Waals surface area contributed by atoms with E-state index in [1.54, 1.807) is 18.2 Å². The van der Waals surface area contributed by atoms with Gasteiger partial charge in [0.1, 0.15) is 5.75 Å². The number of nitrogens with zero attached hydrogens (tertiary/aromatic N) is 3. The van der Waals surface area contributed by atoms with Crippen molar-refractivity contribution in [2.45, 2.75) is 25.5 Å². The van der Waals surface area contributed by atoms with Crippen LogP contribution in [0.2, 0.25) is 0 Å². The second-order valence-electron chi connectivity index (χ2n) is 6.76. The van der Waals surface area contributed by atoms with E-state index >= 15 is 0 Å². The first-order chi connectivity index (χ1) is 13.5. The molecule has 0 aliphatic carbocycles. The monoisotopic (exact) mass is 395 g/mol. The Hall–Kier alpha value is -2.73. The summed E-state index contributed by atoms with van der Waals surface area (Å²) >= 11 is 1.45. The predicted octanol–water partition coefficient (Wildman–Crippen LogP) is 4.25. The van der Waals surface area contributed by atoms with Crippen LogP contribution in [0.1, 0.15) is 16.7 Å². The van der Waals surface area contributed by atoms with E-state index in [1.165, 1.54) is 22.9 Å². The number of methoxy groups -OCH3 is 1. The van der Waals surface area contributed by atoms with Crippen molar-refractivity contribution in [2.24, 2.45) is 0 Å². The molecule has 1 heterocycles. The minimum atomic E-state index is 0.0586. The molecule has 146 valence electrons. The zero-order chi connectivity index (χ0) is 20.1. The van der Waals surface area contributed by atoms with E-state index < -0.39 is 0 Å². The lowest BCUT2D eigenvalue weighted by atomic mass is 10.1. The highest BCUT2D eigenvalue weighted by molar-refractivity contribution is 7.99. The number of aromatic nitrogens is 2. The van der Waals surface area contributed by atoms with Crippen molar-refractivity contribution >= 4 is 17.7 Å². The molecule has 0 bridgehead atoms. The molecule has 0 aliphatic heterocycles. The Balaban J connectivity index is 1.65. The van der Waals surface area contributed by atoms with Gasteiger partial charge in [0.05, 0.1) is 18.6 Å². The van der Waals surface area contributed by atoms with E-state index in [0.717, 1.165) is 22.2 Å². The lowest BCUT2D eigenvalue weighted by Crippen LogP contribution is -2.27. The van der Waals surface area contributed by atoms with Gasteiger partial charge < -0.3 is 9.64 Å². The summed E-state index contributed by atoms with van der Waals surface area (Å²) in [6.45, 7) is 4.70. The van der Waals surface area contributed by atoms with Crippen molar-refractivity contribution in [3.8, 4) is 11.4 Å². The Kier molecular flexibility index (Phi) is 6.41. The Morgan fingerprint density at radius 1 is 1.21 bits per heavy atom. The van der Waals surface area contributed by atoms with Crippen LogP contribution in [0, 0.1) is 13.8 Å². The standard InChI is InChI=1S/C22H25N3O2S/c1-16-8-9-17(2)20(12-16)25-11-10-23-22(25)28-15-21(26)24(3)14-18-6-5-7-19(13-18)27-4/h5-13H,14-15H2,1-4H3. The van der Waals surface area contributed by atoms with Gasteiger partial charge in [-0.05, 0) is 48.7 Å². The van der Waals surface area contributed by atoms with Gasteiger partial charge in [-0.15, -0.1) is 0 Å². The molecule has 0 spiro atoms. The van der Waals surface area contributed by atoms with Crippen molar-refractivity contribution in [3.63, 3.8) is 0 Å². The minimum Gasteiger partial charge on any atom is -0.497 e. The lowest BCUT2D eigenvalue weighted by molar-refractivity contribution is -0.127. The lowest BCUT2D eigenvalue weighted by Gasteiger charge is -2.18. The van der Waals surface area contributed by atoms with Crippen molar-refractivity contribution in [1.82, 2.24) is 14.5 Å². The van der Waals surface area contributed by atoms with Gasteiger partial charge in [0.25, 0.3) is 0 Å². The molecule has 0 saturated heterocycles. The summed E-state index contributed by atoms with van der Waals surface area (Å²) in [7, 11) is 3.46. The van der Waals surface area contributed by atoms with E-state index in [1.807, 2.05) is 42.1 Å². The van der Waals surface area contributed by atoms with Crippen LogP contribution >= 0.6 is 11.8 Å². The number of carbonyl (C=O) groups excluding carboxylic acids is 1. The number of imidazole rings is 1. The van der Waals surface area contributed by atoms with Gasteiger partial charge in [-0.25, -0.2) is 4.98 Å². The molecular weight excluding hydrogens is 370 g/mol. The Bertz CT molecular complexity index is 968. The van der Waals surface area contributed by atoms with Gasteiger partial charge in [0.2, 0.25) is 5.91 Å². The molecule has 0 fully saturated rings. The average Bonchev–Trinajstić information content (AvgIpc) is 3.16. The summed E-state index contributed by atoms with van der Waals surface area (Å²) in [6.07, 6.45) is 3.71. The first-order valence-electron chi connectivity index (χ1n) is 9.08. The molecule has 28 heavy (non-hydrogen) atoms. The average molecular weight is 396 g/mol. The molecule has 0 atom stereocenters. The molecule has 0 N–H and O–H groups in total. The molecule has 5 nitrogen and oxygen atoms in total. The summed E-state index contributed by atoms with van der Waals surface area (Å²) < 4.78 is 7.29. The minimum absolute atomic E-state index is 0.0586. The number of rotatable bonds is 7. The maximum atomic E-state index is 12.6. The number of aryl methyl sites for hydroxylation is 2. The zero-order valence-corrected chi connectivity index (χ0v) is 17.5. The van der Waals surface area contributed by atoms with Crippen LogP contribution in [0.4, 0.5) is 0 Å². The second-order valence-corrected chi connectivity index (χ2v) is 7.70. The van der Waals surface area contributed by atoms with Crippen LogP contribution in [0.5, 0.6) is 5.75 Å². The summed E-state index contributed by atoms with van der Waals surface area (Å²) in [6, 6.07) is 14.1. The summed E-state index contributed by atoms with van der Waals surface area (Å²) in [4.78, 5) is 18.8. The van der Waals surface area contributed by atoms with Gasteiger partial charge in [0, 0.05) is 26.0 Å². The van der Waals surface area contributed by atoms with Crippen LogP contribution in [0.3, 0.4) is 0 Å². The number of ether oxygens (including phenoxy) is 1. The molecular formula is C22H25N3O2S. The fraction of sp³-hybridized carbons (Fsp3) is 0.273. The third-order valence-electron chi connectivity index (χ3n) is 4.54. The van der Waals surface area contributed by atoms with Crippen LogP contribution in [0.25, 0.3) is 5.69 Å². The van der Waals surface area contributed by atoms with Crippen molar-refractivity contribution in [2.75, 3.05) is 19.9 Å². The fourth-order valence-electron chi connectivity index (χ4n) is 2.93. The molecule has 0 unspecified atom stereocenters. The molecule has 2 aromatic carbocycles. The van der Waals surface area contributed by atoms with Crippen molar-refractivity contribution in [3.05, 3.63) is 71.5 Å². The summed E-state index contributed by atoms with van der Waals surface area (Å²) in [5.41, 5.74) is 4.50. The highest BCUT2D eigenvalue weighted by Gasteiger charge is 2.14. The highest BCUT2D eigenvalue weighted by Crippen LogP contribution is 2.24. The molecule has 6 heteroatoms. The number of benzene rings is 2. The van der Waals surface area contributed by atoms with Crippen LogP contribution in [-0.4, -0.2) is 40.3 Å². The topological polar surface area (TPSA) is 47.4 Å². The molecule has 0 saturated carbocycles. The molecule has 1 aromatic heterocycles. The number of hydrogen-bond donors (Lipinski definition) is 0. The van der Waals surface area contributed by atoms with E-state index in [2.05, 4.69) is 37.0 Å². The van der Waals surface area contributed by atoms with Gasteiger partial charge >= 0.3 is 0 Å². The predicted molar refractivity (Wildman–Crippen MR) is 113 cm³/mol. The largest absolute Gasteiger partial charge is 0.497 e.